The molecule has 4 nitrogen and oxygen atoms in total. The van der Waals surface area contributed by atoms with E-state index in [2.05, 4.69) is 28.0 Å². The van der Waals surface area contributed by atoms with Gasteiger partial charge in [0.1, 0.15) is 11.6 Å². The van der Waals surface area contributed by atoms with Crippen LogP contribution < -0.4 is 5.73 Å². The van der Waals surface area contributed by atoms with Crippen LogP contribution in [0.2, 0.25) is 0 Å². The van der Waals surface area contributed by atoms with E-state index < -0.39 is 0 Å². The molecule has 3 aromatic rings. The van der Waals surface area contributed by atoms with Crippen molar-refractivity contribution in [2.45, 2.75) is 18.8 Å². The van der Waals surface area contributed by atoms with Gasteiger partial charge in [0.15, 0.2) is 0 Å². The number of nitrogen functional groups attached to an aromatic ring is 1. The molecule has 3 N–H and O–H groups in total. The first-order valence-corrected chi connectivity index (χ1v) is 8.99. The lowest BCUT2D eigenvalue weighted by atomic mass is 9.93. The number of anilines is 1. The van der Waals surface area contributed by atoms with Crippen molar-refractivity contribution in [2.24, 2.45) is 0 Å². The van der Waals surface area contributed by atoms with Gasteiger partial charge in [-0.1, -0.05) is 0 Å². The molecule has 0 bridgehead atoms. The van der Waals surface area contributed by atoms with Crippen molar-refractivity contribution in [3.63, 3.8) is 0 Å². The highest BCUT2D eigenvalue weighted by molar-refractivity contribution is 5.85. The lowest BCUT2D eigenvalue weighted by Crippen LogP contribution is -2.29. The van der Waals surface area contributed by atoms with Crippen molar-refractivity contribution in [3.05, 3.63) is 60.2 Å². The molecule has 1 saturated heterocycles. The molecule has 3 heterocycles. The predicted molar refractivity (Wildman–Crippen MR) is 118 cm³/mol. The number of nitrogens with one attached hydrogen (secondary N) is 1. The van der Waals surface area contributed by atoms with Gasteiger partial charge in [-0.05, 0) is 86.6 Å². The van der Waals surface area contributed by atoms with Gasteiger partial charge in [0.25, 0.3) is 0 Å². The quantitative estimate of drug-likeness (QED) is 0.615. The second-order valence-corrected chi connectivity index (χ2v) is 7.07. The summed E-state index contributed by atoms with van der Waals surface area (Å²) in [6, 6.07) is 12.7. The van der Waals surface area contributed by atoms with Crippen LogP contribution in [0.3, 0.4) is 0 Å². The molecule has 28 heavy (non-hydrogen) atoms. The fourth-order valence-electron chi connectivity index (χ4n) is 3.70. The third-order valence-electron chi connectivity index (χ3n) is 5.22. The molecule has 0 saturated carbocycles. The van der Waals surface area contributed by atoms with E-state index in [1.807, 2.05) is 24.3 Å². The Morgan fingerprint density at radius 1 is 1.04 bits per heavy atom. The van der Waals surface area contributed by atoms with Gasteiger partial charge < -0.3 is 15.6 Å². The number of hydrogen-bond donors (Lipinski definition) is 2. The maximum atomic E-state index is 13.4. The van der Waals surface area contributed by atoms with Crippen molar-refractivity contribution < 1.29 is 4.39 Å². The second kappa shape index (κ2) is 9.41. The molecule has 0 spiro atoms. The highest BCUT2D eigenvalue weighted by atomic mass is 35.5. The van der Waals surface area contributed by atoms with Crippen LogP contribution in [0.1, 0.15) is 24.5 Å². The third kappa shape index (κ3) is 4.66. The normalized spacial score (nSPS) is 14.9. The molecule has 150 valence electrons. The number of aromatic amines is 1. The van der Waals surface area contributed by atoms with E-state index in [-0.39, 0.29) is 30.6 Å². The number of nitrogens with zero attached hydrogens (tertiary/aromatic N) is 2. The lowest BCUT2D eigenvalue weighted by molar-refractivity contribution is 0.253. The fourth-order valence-corrected chi connectivity index (χ4v) is 3.70. The number of halogens is 3. The molecule has 7 heteroatoms. The van der Waals surface area contributed by atoms with Gasteiger partial charge in [-0.15, -0.1) is 24.8 Å². The number of pyridine rings is 1. The van der Waals surface area contributed by atoms with E-state index in [1.54, 1.807) is 6.20 Å². The van der Waals surface area contributed by atoms with Crippen molar-refractivity contribution >= 4 is 30.6 Å². The number of piperidine rings is 1. The van der Waals surface area contributed by atoms with E-state index in [1.165, 1.54) is 17.8 Å². The van der Waals surface area contributed by atoms with E-state index in [0.29, 0.717) is 11.7 Å². The highest BCUT2D eigenvalue weighted by Crippen LogP contribution is 2.37. The molecule has 1 fully saturated rings. The minimum atomic E-state index is -0.231. The van der Waals surface area contributed by atoms with Crippen molar-refractivity contribution in [3.8, 4) is 22.4 Å². The summed E-state index contributed by atoms with van der Waals surface area (Å²) in [7, 11) is 2.17. The van der Waals surface area contributed by atoms with Crippen molar-refractivity contribution in [2.75, 3.05) is 25.9 Å². The van der Waals surface area contributed by atoms with Crippen LogP contribution >= 0.6 is 24.8 Å². The summed E-state index contributed by atoms with van der Waals surface area (Å²) in [5, 5.41) is 0. The highest BCUT2D eigenvalue weighted by Gasteiger charge is 2.22. The largest absolute Gasteiger partial charge is 0.384 e. The Morgan fingerprint density at radius 2 is 1.71 bits per heavy atom. The zero-order chi connectivity index (χ0) is 18.1. The Labute approximate surface area is 177 Å². The van der Waals surface area contributed by atoms with Gasteiger partial charge in [0, 0.05) is 23.4 Å². The van der Waals surface area contributed by atoms with Crippen LogP contribution in [0.25, 0.3) is 22.4 Å². The number of nitrogens with two attached hydrogens (primary N) is 1. The average Bonchev–Trinajstić information content (AvgIpc) is 3.08. The van der Waals surface area contributed by atoms with E-state index in [0.717, 1.165) is 48.3 Å². The number of hydrogen-bond acceptors (Lipinski definition) is 3. The number of aromatic nitrogens is 2. The molecule has 0 unspecified atom stereocenters. The molecule has 2 aromatic heterocycles. The zero-order valence-electron chi connectivity index (χ0n) is 15.7. The van der Waals surface area contributed by atoms with Gasteiger partial charge in [-0.2, -0.15) is 0 Å². The summed E-state index contributed by atoms with van der Waals surface area (Å²) in [5.41, 5.74) is 11.2. The molecule has 0 aliphatic carbocycles. The SMILES string of the molecule is CN1CCC(c2cc(-c3ccnc(N)c3)c(-c3ccc(F)cc3)[nH]2)CC1.Cl.Cl. The van der Waals surface area contributed by atoms with Crippen LogP contribution in [0.5, 0.6) is 0 Å². The van der Waals surface area contributed by atoms with E-state index in [4.69, 9.17) is 5.73 Å². The Morgan fingerprint density at radius 3 is 2.36 bits per heavy atom. The van der Waals surface area contributed by atoms with Crippen LogP contribution in [0.15, 0.2) is 48.7 Å². The van der Waals surface area contributed by atoms with E-state index >= 15 is 0 Å². The third-order valence-corrected chi connectivity index (χ3v) is 5.22. The number of benzene rings is 1. The topological polar surface area (TPSA) is 57.9 Å². The molecule has 1 aliphatic rings. The molecule has 0 amide bonds. The van der Waals surface area contributed by atoms with Crippen LogP contribution in [-0.4, -0.2) is 35.0 Å². The summed E-state index contributed by atoms with van der Waals surface area (Å²) in [4.78, 5) is 10.1. The minimum absolute atomic E-state index is 0. The zero-order valence-corrected chi connectivity index (χ0v) is 17.3. The molecular weight excluding hydrogens is 398 g/mol. The maximum absolute atomic E-state index is 13.4. The molecule has 1 aliphatic heterocycles. The second-order valence-electron chi connectivity index (χ2n) is 7.07. The molecule has 1 aromatic carbocycles. The minimum Gasteiger partial charge on any atom is -0.384 e. The standard InChI is InChI=1S/C21H23FN4.2ClH/c1-26-10-7-14(8-11-26)19-13-18(16-6-9-24-20(23)12-16)21(25-19)15-2-4-17(22)5-3-15;;/h2-6,9,12-14,25H,7-8,10-11H2,1H3,(H2,23,24);2*1H. The van der Waals surface area contributed by atoms with Gasteiger partial charge in [0.2, 0.25) is 0 Å². The van der Waals surface area contributed by atoms with Crippen molar-refractivity contribution in [1.82, 2.24) is 14.9 Å². The number of H-pyrrole nitrogens is 1. The number of rotatable bonds is 3. The van der Waals surface area contributed by atoms with Crippen LogP contribution in [-0.2, 0) is 0 Å². The Hall–Kier alpha value is -2.08. The Kier molecular flexibility index (Phi) is 7.47. The smallest absolute Gasteiger partial charge is 0.123 e. The first-order chi connectivity index (χ1) is 12.6. The summed E-state index contributed by atoms with van der Waals surface area (Å²) in [5.74, 6) is 0.776. The Balaban J connectivity index is 0.00000140. The van der Waals surface area contributed by atoms with Crippen molar-refractivity contribution in [1.29, 1.82) is 0 Å². The number of likely N-dealkylation sites (tertiary alicyclic amines) is 1. The van der Waals surface area contributed by atoms with E-state index in [9.17, 15) is 4.39 Å². The lowest BCUT2D eigenvalue weighted by Gasteiger charge is -2.28. The van der Waals surface area contributed by atoms with Crippen LogP contribution in [0, 0.1) is 5.82 Å². The molecule has 4 rings (SSSR count). The summed E-state index contributed by atoms with van der Waals surface area (Å²) in [6.45, 7) is 2.21. The maximum Gasteiger partial charge on any atom is 0.123 e. The molecule has 0 radical (unpaired) electrons. The fraction of sp³-hybridized carbons (Fsp3) is 0.286. The Bertz CT molecular complexity index is 903. The van der Waals surface area contributed by atoms with Crippen LogP contribution in [0.4, 0.5) is 10.2 Å². The predicted octanol–water partition coefficient (Wildman–Crippen LogP) is 5.12. The molecule has 0 atom stereocenters. The first-order valence-electron chi connectivity index (χ1n) is 8.99. The summed E-state index contributed by atoms with van der Waals surface area (Å²) >= 11 is 0. The van der Waals surface area contributed by atoms with Gasteiger partial charge >= 0.3 is 0 Å². The van der Waals surface area contributed by atoms with Gasteiger partial charge in [0.05, 0.1) is 5.69 Å². The monoisotopic (exact) mass is 422 g/mol. The first kappa shape index (κ1) is 22.2. The van der Waals surface area contributed by atoms with Gasteiger partial charge in [-0.25, -0.2) is 9.37 Å². The average molecular weight is 423 g/mol. The summed E-state index contributed by atoms with van der Waals surface area (Å²) in [6.07, 6.45) is 4.00. The summed E-state index contributed by atoms with van der Waals surface area (Å²) < 4.78 is 13.4. The van der Waals surface area contributed by atoms with Gasteiger partial charge in [-0.3, -0.25) is 0 Å². The molecular formula is C21H25Cl2FN4.